The molecule has 1 atom stereocenters. The van der Waals surface area contributed by atoms with Crippen molar-refractivity contribution in [3.8, 4) is 0 Å². The van der Waals surface area contributed by atoms with Crippen LogP contribution in [0.15, 0.2) is 0 Å². The number of urea groups is 1. The molecule has 0 saturated heterocycles. The lowest BCUT2D eigenvalue weighted by molar-refractivity contribution is -0.137. The average Bonchev–Trinajstić information content (AvgIpc) is 2.21. The van der Waals surface area contributed by atoms with E-state index in [2.05, 4.69) is 19.2 Å². The molecule has 0 spiro atoms. The normalized spacial score (nSPS) is 12.6. The zero-order chi connectivity index (χ0) is 15.0. The molecule has 5 nitrogen and oxygen atoms in total. The third-order valence-electron chi connectivity index (χ3n) is 2.87. The van der Waals surface area contributed by atoms with E-state index >= 15 is 0 Å². The molecule has 0 heterocycles. The minimum atomic E-state index is -0.822. The summed E-state index contributed by atoms with van der Waals surface area (Å²) in [4.78, 5) is 24.3. The summed E-state index contributed by atoms with van der Waals surface area (Å²) >= 11 is 0. The van der Waals surface area contributed by atoms with Crippen molar-refractivity contribution in [2.75, 3.05) is 6.54 Å². The fourth-order valence-electron chi connectivity index (χ4n) is 2.05. The molecular weight excluding hydrogens is 244 g/mol. The highest BCUT2D eigenvalue weighted by Gasteiger charge is 2.18. The molecule has 0 saturated carbocycles. The Bertz CT molecular complexity index is 290. The molecule has 0 aromatic rings. The molecule has 0 aliphatic heterocycles. The molecule has 0 aliphatic rings. The molecule has 0 aromatic carbocycles. The van der Waals surface area contributed by atoms with Crippen LogP contribution in [0.2, 0.25) is 0 Å². The lowest BCUT2D eigenvalue weighted by Gasteiger charge is -2.29. The van der Waals surface area contributed by atoms with Gasteiger partial charge in [0.1, 0.15) is 0 Å². The summed E-state index contributed by atoms with van der Waals surface area (Å²) in [5, 5.41) is 11.6. The van der Waals surface area contributed by atoms with Crippen LogP contribution in [-0.2, 0) is 4.79 Å². The highest BCUT2D eigenvalue weighted by atomic mass is 16.4. The SMILES string of the molecule is CC(C)CC(C)NC(=O)N(CCCC(=O)O)C(C)C. The molecule has 0 radical (unpaired) electrons. The Kier molecular flexibility index (Phi) is 8.19. The minimum Gasteiger partial charge on any atom is -0.481 e. The molecule has 0 fully saturated rings. The topological polar surface area (TPSA) is 69.6 Å². The van der Waals surface area contributed by atoms with Crippen molar-refractivity contribution in [2.45, 2.75) is 66.0 Å². The summed E-state index contributed by atoms with van der Waals surface area (Å²) in [6.45, 7) is 10.6. The Hall–Kier alpha value is -1.26. The third-order valence-corrected chi connectivity index (χ3v) is 2.87. The number of hydrogen-bond acceptors (Lipinski definition) is 2. The van der Waals surface area contributed by atoms with E-state index in [1.165, 1.54) is 0 Å². The minimum absolute atomic E-state index is 0.0695. The van der Waals surface area contributed by atoms with E-state index in [1.807, 2.05) is 20.8 Å². The van der Waals surface area contributed by atoms with Crippen molar-refractivity contribution in [3.63, 3.8) is 0 Å². The van der Waals surface area contributed by atoms with Gasteiger partial charge in [-0.2, -0.15) is 0 Å². The van der Waals surface area contributed by atoms with Crippen LogP contribution in [0.5, 0.6) is 0 Å². The number of amides is 2. The van der Waals surface area contributed by atoms with Gasteiger partial charge in [0.2, 0.25) is 0 Å². The number of nitrogens with one attached hydrogen (secondary N) is 1. The summed E-state index contributed by atoms with van der Waals surface area (Å²) < 4.78 is 0. The van der Waals surface area contributed by atoms with Crippen LogP contribution in [-0.4, -0.2) is 40.6 Å². The number of carboxylic acid groups (broad SMARTS) is 1. The third kappa shape index (κ3) is 8.46. The van der Waals surface area contributed by atoms with Crippen LogP contribution in [0.25, 0.3) is 0 Å². The van der Waals surface area contributed by atoms with E-state index in [9.17, 15) is 9.59 Å². The van der Waals surface area contributed by atoms with Gasteiger partial charge in [0.15, 0.2) is 0 Å². The van der Waals surface area contributed by atoms with Gasteiger partial charge in [-0.1, -0.05) is 13.8 Å². The molecule has 2 N–H and O–H groups in total. The second kappa shape index (κ2) is 8.77. The molecule has 1 unspecified atom stereocenters. The number of carboxylic acids is 1. The lowest BCUT2D eigenvalue weighted by atomic mass is 10.1. The van der Waals surface area contributed by atoms with E-state index in [1.54, 1.807) is 4.90 Å². The van der Waals surface area contributed by atoms with Crippen molar-refractivity contribution in [1.29, 1.82) is 0 Å². The van der Waals surface area contributed by atoms with Crippen molar-refractivity contribution >= 4 is 12.0 Å². The molecule has 2 amide bonds. The van der Waals surface area contributed by atoms with E-state index in [4.69, 9.17) is 5.11 Å². The van der Waals surface area contributed by atoms with Gasteiger partial charge >= 0.3 is 12.0 Å². The summed E-state index contributed by atoms with van der Waals surface area (Å²) in [5.41, 5.74) is 0. The fourth-order valence-corrected chi connectivity index (χ4v) is 2.05. The molecule has 112 valence electrons. The van der Waals surface area contributed by atoms with Gasteiger partial charge in [-0.05, 0) is 39.5 Å². The Balaban J connectivity index is 4.29. The van der Waals surface area contributed by atoms with Gasteiger partial charge in [0, 0.05) is 25.0 Å². The van der Waals surface area contributed by atoms with Crippen molar-refractivity contribution in [2.24, 2.45) is 5.92 Å². The van der Waals surface area contributed by atoms with Crippen LogP contribution in [0.1, 0.15) is 53.9 Å². The summed E-state index contributed by atoms with van der Waals surface area (Å²) in [6.07, 6.45) is 1.52. The second-order valence-corrected chi connectivity index (χ2v) is 5.76. The van der Waals surface area contributed by atoms with Gasteiger partial charge in [0.05, 0.1) is 0 Å². The number of carbonyl (C=O) groups is 2. The standard InChI is InChI=1S/C14H28N2O3/c1-10(2)9-12(5)15-14(19)16(11(3)4)8-6-7-13(17)18/h10-12H,6-9H2,1-5H3,(H,15,19)(H,17,18). The number of hydrogen-bond donors (Lipinski definition) is 2. The van der Waals surface area contributed by atoms with Crippen LogP contribution >= 0.6 is 0 Å². The smallest absolute Gasteiger partial charge is 0.317 e. The number of carbonyl (C=O) groups excluding carboxylic acids is 1. The number of nitrogens with zero attached hydrogens (tertiary/aromatic N) is 1. The quantitative estimate of drug-likeness (QED) is 0.713. The van der Waals surface area contributed by atoms with Crippen molar-refractivity contribution in [3.05, 3.63) is 0 Å². The van der Waals surface area contributed by atoms with Gasteiger partial charge in [-0.25, -0.2) is 4.79 Å². The van der Waals surface area contributed by atoms with Crippen LogP contribution in [0, 0.1) is 5.92 Å². The van der Waals surface area contributed by atoms with E-state index in [-0.39, 0.29) is 24.5 Å². The first-order chi connectivity index (χ1) is 8.73. The number of aliphatic carboxylic acids is 1. The summed E-state index contributed by atoms with van der Waals surface area (Å²) in [5.74, 6) is -0.285. The monoisotopic (exact) mass is 272 g/mol. The maximum atomic E-state index is 12.1. The van der Waals surface area contributed by atoms with Gasteiger partial charge in [0.25, 0.3) is 0 Å². The average molecular weight is 272 g/mol. The first kappa shape index (κ1) is 17.7. The zero-order valence-electron chi connectivity index (χ0n) is 12.8. The predicted octanol–water partition coefficient (Wildman–Crippen LogP) is 2.71. The van der Waals surface area contributed by atoms with Crippen LogP contribution in [0.3, 0.4) is 0 Å². The maximum Gasteiger partial charge on any atom is 0.317 e. The Morgan fingerprint density at radius 3 is 2.16 bits per heavy atom. The largest absolute Gasteiger partial charge is 0.481 e. The Morgan fingerprint density at radius 1 is 1.16 bits per heavy atom. The van der Waals surface area contributed by atoms with Crippen LogP contribution in [0.4, 0.5) is 4.79 Å². The lowest BCUT2D eigenvalue weighted by Crippen LogP contribution is -2.47. The predicted molar refractivity (Wildman–Crippen MR) is 76.2 cm³/mol. The van der Waals surface area contributed by atoms with Gasteiger partial charge in [-0.3, -0.25) is 4.79 Å². The molecule has 0 aliphatic carbocycles. The molecular formula is C14H28N2O3. The molecule has 5 heteroatoms. The first-order valence-corrected chi connectivity index (χ1v) is 7.03. The fraction of sp³-hybridized carbons (Fsp3) is 0.857. The van der Waals surface area contributed by atoms with E-state index < -0.39 is 5.97 Å². The summed E-state index contributed by atoms with van der Waals surface area (Å²) in [6, 6.07) is 0.0989. The van der Waals surface area contributed by atoms with Gasteiger partial charge in [-0.15, -0.1) is 0 Å². The van der Waals surface area contributed by atoms with E-state index in [0.29, 0.717) is 18.9 Å². The van der Waals surface area contributed by atoms with Crippen LogP contribution < -0.4 is 5.32 Å². The molecule has 0 aromatic heterocycles. The molecule has 0 bridgehead atoms. The molecule has 0 rings (SSSR count). The van der Waals surface area contributed by atoms with E-state index in [0.717, 1.165) is 6.42 Å². The Labute approximate surface area is 116 Å². The number of rotatable bonds is 8. The first-order valence-electron chi connectivity index (χ1n) is 7.03. The highest BCUT2D eigenvalue weighted by molar-refractivity contribution is 5.75. The Morgan fingerprint density at radius 2 is 1.74 bits per heavy atom. The van der Waals surface area contributed by atoms with Gasteiger partial charge < -0.3 is 15.3 Å². The maximum absolute atomic E-state index is 12.1. The summed E-state index contributed by atoms with van der Waals surface area (Å²) in [7, 11) is 0. The van der Waals surface area contributed by atoms with Crippen molar-refractivity contribution < 1.29 is 14.7 Å². The molecule has 19 heavy (non-hydrogen) atoms. The highest BCUT2D eigenvalue weighted by Crippen LogP contribution is 2.07. The second-order valence-electron chi connectivity index (χ2n) is 5.76. The van der Waals surface area contributed by atoms with Crippen molar-refractivity contribution in [1.82, 2.24) is 10.2 Å². The zero-order valence-corrected chi connectivity index (χ0v) is 12.8.